The van der Waals surface area contributed by atoms with E-state index in [4.69, 9.17) is 20.2 Å². The van der Waals surface area contributed by atoms with Gasteiger partial charge in [-0.2, -0.15) is 0 Å². The van der Waals surface area contributed by atoms with Crippen LogP contribution in [0.15, 0.2) is 23.8 Å². The molecule has 3 saturated carbocycles. The number of allylic oxidation sites excluding steroid dienone is 4. The molecule has 0 spiro atoms. The lowest BCUT2D eigenvalue weighted by atomic mass is 9.46. The van der Waals surface area contributed by atoms with Crippen LogP contribution in [0.2, 0.25) is 0 Å². The van der Waals surface area contributed by atoms with Crippen molar-refractivity contribution in [3.63, 3.8) is 0 Å². The van der Waals surface area contributed by atoms with Gasteiger partial charge in [0.15, 0.2) is 23.5 Å². The molecule has 32 heavy (non-hydrogen) atoms. The molecule has 0 aromatic carbocycles. The first kappa shape index (κ1) is 22.4. The van der Waals surface area contributed by atoms with Crippen LogP contribution in [-0.2, 0) is 23.9 Å². The summed E-state index contributed by atoms with van der Waals surface area (Å²) in [6, 6.07) is 0. The van der Waals surface area contributed by atoms with Crippen LogP contribution in [0.5, 0.6) is 0 Å². The van der Waals surface area contributed by atoms with Crippen molar-refractivity contribution in [2.24, 2.45) is 34.5 Å². The summed E-state index contributed by atoms with van der Waals surface area (Å²) in [6.07, 6.45) is 8.46. The highest BCUT2D eigenvalue weighted by Gasteiger charge is 2.75. The Morgan fingerprint density at radius 2 is 2.16 bits per heavy atom. The van der Waals surface area contributed by atoms with Crippen molar-refractivity contribution in [3.05, 3.63) is 23.8 Å². The molecular formula is C25H35NO6. The SMILES string of the molecule is CCCC1OC2CC3C4CCC5=CC(=O)C=CC5(C)C4C(O)CC3(C)C2(C(=O)CON)O1. The number of Topliss-reactive ketones (excluding diaryl/α,β-unsaturated/α-hetero) is 1. The maximum absolute atomic E-state index is 13.5. The highest BCUT2D eigenvalue weighted by atomic mass is 16.7. The molecule has 0 bridgehead atoms. The topological polar surface area (TPSA) is 108 Å². The van der Waals surface area contributed by atoms with E-state index in [1.54, 1.807) is 12.2 Å². The Morgan fingerprint density at radius 3 is 2.88 bits per heavy atom. The maximum Gasteiger partial charge on any atom is 0.195 e. The Balaban J connectivity index is 1.55. The molecule has 176 valence electrons. The van der Waals surface area contributed by atoms with E-state index in [-0.39, 0.29) is 47.4 Å². The fourth-order valence-corrected chi connectivity index (χ4v) is 8.19. The monoisotopic (exact) mass is 445 g/mol. The summed E-state index contributed by atoms with van der Waals surface area (Å²) in [5.74, 6) is 5.50. The van der Waals surface area contributed by atoms with Gasteiger partial charge >= 0.3 is 0 Å². The van der Waals surface area contributed by atoms with Gasteiger partial charge in [0.1, 0.15) is 6.61 Å². The standard InChI is InChI=1S/C25H35NO6/c1-4-5-21-31-20-11-17-16-7-6-14-10-15(27)8-9-23(14,2)22(16)18(28)12-24(17,3)25(20,32-21)19(29)13-30-26/h8-10,16-18,20-22,28H,4-7,11-13,26H2,1-3H3. The molecule has 1 aliphatic heterocycles. The lowest BCUT2D eigenvalue weighted by Gasteiger charge is -2.59. The van der Waals surface area contributed by atoms with Crippen LogP contribution < -0.4 is 5.90 Å². The minimum absolute atomic E-state index is 0.00639. The summed E-state index contributed by atoms with van der Waals surface area (Å²) in [5.41, 5.74) is -0.968. The van der Waals surface area contributed by atoms with Gasteiger partial charge in [0.25, 0.3) is 0 Å². The van der Waals surface area contributed by atoms with Crippen LogP contribution in [0.4, 0.5) is 0 Å². The second kappa shape index (κ2) is 7.57. The van der Waals surface area contributed by atoms with Crippen LogP contribution in [0, 0.1) is 28.6 Å². The second-order valence-corrected chi connectivity index (χ2v) is 10.9. The van der Waals surface area contributed by atoms with Crippen molar-refractivity contribution in [2.75, 3.05) is 6.61 Å². The van der Waals surface area contributed by atoms with E-state index in [0.717, 1.165) is 37.7 Å². The zero-order chi connectivity index (χ0) is 22.9. The average Bonchev–Trinajstić information content (AvgIpc) is 3.21. The van der Waals surface area contributed by atoms with Crippen LogP contribution in [0.25, 0.3) is 0 Å². The third kappa shape index (κ3) is 2.78. The number of hydrogen-bond donors (Lipinski definition) is 2. The Kier molecular flexibility index (Phi) is 5.30. The molecule has 7 nitrogen and oxygen atoms in total. The van der Waals surface area contributed by atoms with Gasteiger partial charge in [-0.25, -0.2) is 5.90 Å². The minimum atomic E-state index is -1.15. The average molecular weight is 446 g/mol. The predicted octanol–water partition coefficient (Wildman–Crippen LogP) is 2.61. The second-order valence-electron chi connectivity index (χ2n) is 10.9. The van der Waals surface area contributed by atoms with Crippen molar-refractivity contribution in [1.82, 2.24) is 0 Å². The van der Waals surface area contributed by atoms with E-state index in [1.807, 2.05) is 6.08 Å². The lowest BCUT2D eigenvalue weighted by Crippen LogP contribution is -2.63. The summed E-state index contributed by atoms with van der Waals surface area (Å²) < 4.78 is 12.8. The van der Waals surface area contributed by atoms with E-state index in [1.165, 1.54) is 0 Å². The zero-order valence-corrected chi connectivity index (χ0v) is 19.2. The van der Waals surface area contributed by atoms with E-state index in [2.05, 4.69) is 20.8 Å². The van der Waals surface area contributed by atoms with Crippen LogP contribution in [-0.4, -0.2) is 47.4 Å². The molecule has 0 amide bonds. The van der Waals surface area contributed by atoms with Crippen LogP contribution in [0.3, 0.4) is 0 Å². The van der Waals surface area contributed by atoms with Gasteiger partial charge in [0.05, 0.1) is 12.2 Å². The zero-order valence-electron chi connectivity index (χ0n) is 19.2. The normalized spacial score (nSPS) is 49.2. The predicted molar refractivity (Wildman–Crippen MR) is 116 cm³/mol. The molecule has 7 heteroatoms. The van der Waals surface area contributed by atoms with Gasteiger partial charge in [-0.05, 0) is 56.1 Å². The van der Waals surface area contributed by atoms with Crippen molar-refractivity contribution in [3.8, 4) is 0 Å². The number of ether oxygens (including phenoxy) is 2. The van der Waals surface area contributed by atoms with Gasteiger partial charge in [-0.15, -0.1) is 0 Å². The van der Waals surface area contributed by atoms with Gasteiger partial charge in [0, 0.05) is 16.7 Å². The number of aliphatic hydroxyl groups is 1. The number of carbonyl (C=O) groups is 2. The molecule has 5 rings (SSSR count). The first-order valence-electron chi connectivity index (χ1n) is 12.0. The minimum Gasteiger partial charge on any atom is -0.393 e. The molecule has 1 heterocycles. The molecule has 4 fully saturated rings. The Morgan fingerprint density at radius 1 is 1.38 bits per heavy atom. The molecule has 4 aliphatic carbocycles. The van der Waals surface area contributed by atoms with Gasteiger partial charge < -0.3 is 14.6 Å². The Bertz CT molecular complexity index is 884. The van der Waals surface area contributed by atoms with Gasteiger partial charge in [-0.1, -0.05) is 38.8 Å². The maximum atomic E-state index is 13.5. The Hall–Kier alpha value is -1.38. The largest absolute Gasteiger partial charge is 0.393 e. The first-order valence-corrected chi connectivity index (χ1v) is 12.0. The smallest absolute Gasteiger partial charge is 0.195 e. The molecule has 0 radical (unpaired) electrons. The van der Waals surface area contributed by atoms with Crippen LogP contribution in [0.1, 0.15) is 59.3 Å². The van der Waals surface area contributed by atoms with Crippen molar-refractivity contribution in [2.45, 2.75) is 83.4 Å². The van der Waals surface area contributed by atoms with Gasteiger partial charge in [-0.3, -0.25) is 14.4 Å². The van der Waals surface area contributed by atoms with Gasteiger partial charge in [0.2, 0.25) is 0 Å². The number of hydrogen-bond acceptors (Lipinski definition) is 7. The highest BCUT2D eigenvalue weighted by molar-refractivity contribution is 6.01. The summed E-state index contributed by atoms with van der Waals surface area (Å²) in [7, 11) is 0. The van der Waals surface area contributed by atoms with E-state index < -0.39 is 23.4 Å². The van der Waals surface area contributed by atoms with Crippen molar-refractivity contribution in [1.29, 1.82) is 0 Å². The highest BCUT2D eigenvalue weighted by Crippen LogP contribution is 2.69. The molecule has 9 unspecified atom stereocenters. The van der Waals surface area contributed by atoms with Crippen LogP contribution >= 0.6 is 0 Å². The summed E-state index contributed by atoms with van der Waals surface area (Å²) in [5, 5.41) is 11.6. The number of nitrogens with two attached hydrogens (primary N) is 1. The number of ketones is 2. The number of carbonyl (C=O) groups excluding carboxylic acids is 2. The third-order valence-corrected chi connectivity index (χ3v) is 9.44. The number of fused-ring (bicyclic) bond motifs is 7. The number of aliphatic hydroxyl groups excluding tert-OH is 1. The fraction of sp³-hybridized carbons (Fsp3) is 0.760. The molecule has 3 N–H and O–H groups in total. The summed E-state index contributed by atoms with van der Waals surface area (Å²) >= 11 is 0. The molecule has 9 atom stereocenters. The lowest BCUT2D eigenvalue weighted by molar-refractivity contribution is -0.201. The van der Waals surface area contributed by atoms with E-state index in [9.17, 15) is 14.7 Å². The first-order chi connectivity index (χ1) is 15.2. The molecule has 5 aliphatic rings. The Labute approximate surface area is 189 Å². The molecular weight excluding hydrogens is 410 g/mol. The molecule has 1 saturated heterocycles. The number of rotatable bonds is 5. The van der Waals surface area contributed by atoms with Crippen molar-refractivity contribution >= 4 is 11.6 Å². The molecule has 0 aromatic heterocycles. The summed E-state index contributed by atoms with van der Waals surface area (Å²) in [6.45, 7) is 6.07. The van der Waals surface area contributed by atoms with Crippen molar-refractivity contribution < 1.29 is 29.0 Å². The fourth-order valence-electron chi connectivity index (χ4n) is 8.19. The molecule has 0 aromatic rings. The van der Waals surface area contributed by atoms with E-state index >= 15 is 0 Å². The summed E-state index contributed by atoms with van der Waals surface area (Å²) in [4.78, 5) is 30.3. The van der Waals surface area contributed by atoms with E-state index in [0.29, 0.717) is 6.42 Å². The third-order valence-electron chi connectivity index (χ3n) is 9.44. The quantitative estimate of drug-likeness (QED) is 0.626.